The summed E-state index contributed by atoms with van der Waals surface area (Å²) >= 11 is 0. The zero-order valence-electron chi connectivity index (χ0n) is 9.58. The van der Waals surface area contributed by atoms with E-state index in [0.717, 1.165) is 12.1 Å². The number of aromatic hydroxyl groups is 1. The van der Waals surface area contributed by atoms with Crippen LogP contribution in [0.25, 0.3) is 0 Å². The van der Waals surface area contributed by atoms with E-state index in [1.54, 1.807) is 0 Å². The first kappa shape index (κ1) is 13.4. The molecule has 3 nitrogen and oxygen atoms in total. The predicted molar refractivity (Wildman–Crippen MR) is 58.2 cm³/mol. The second-order valence-corrected chi connectivity index (χ2v) is 4.56. The molecule has 0 fully saturated rings. The quantitative estimate of drug-likeness (QED) is 0.856. The monoisotopic (exact) mass is 244 g/mol. The molecule has 0 heterocycles. The summed E-state index contributed by atoms with van der Waals surface area (Å²) in [5.41, 5.74) is -1.04. The zero-order valence-corrected chi connectivity index (χ0v) is 9.58. The smallest absolute Gasteiger partial charge is 0.309 e. The van der Waals surface area contributed by atoms with Crippen LogP contribution in [0.4, 0.5) is 8.78 Å². The molecule has 0 unspecified atom stereocenters. The lowest BCUT2D eigenvalue weighted by Crippen LogP contribution is -2.26. The number of alkyl halides is 2. The highest BCUT2D eigenvalue weighted by molar-refractivity contribution is 5.74. The van der Waals surface area contributed by atoms with Crippen LogP contribution in [-0.2, 0) is 11.2 Å². The maximum atomic E-state index is 12.5. The fourth-order valence-electron chi connectivity index (χ4n) is 1.47. The number of rotatable bonds is 4. The van der Waals surface area contributed by atoms with Gasteiger partial charge in [-0.15, -0.1) is 0 Å². The lowest BCUT2D eigenvalue weighted by atomic mass is 9.85. The predicted octanol–water partition coefficient (Wildman–Crippen LogP) is 2.98. The molecule has 1 aromatic carbocycles. The van der Waals surface area contributed by atoms with Crippen LogP contribution in [0.15, 0.2) is 18.2 Å². The van der Waals surface area contributed by atoms with Crippen molar-refractivity contribution in [3.63, 3.8) is 0 Å². The summed E-state index contributed by atoms with van der Waals surface area (Å²) in [4.78, 5) is 10.9. The van der Waals surface area contributed by atoms with Crippen molar-refractivity contribution in [1.82, 2.24) is 0 Å². The van der Waals surface area contributed by atoms with E-state index in [1.165, 1.54) is 19.9 Å². The van der Waals surface area contributed by atoms with Crippen LogP contribution in [0.1, 0.15) is 31.4 Å². The first-order valence-corrected chi connectivity index (χ1v) is 5.07. The standard InChI is InChI=1S/C12H14F2O3/c1-12(2,11(16)17)6-7-3-4-9(15)8(5-7)10(13)14/h3-5,10,15H,6H2,1-2H3,(H,16,17). The van der Waals surface area contributed by atoms with Gasteiger partial charge in [0.25, 0.3) is 6.43 Å². The van der Waals surface area contributed by atoms with Gasteiger partial charge in [-0.05, 0) is 38.0 Å². The number of aliphatic carboxylic acids is 1. The summed E-state index contributed by atoms with van der Waals surface area (Å²) in [5, 5.41) is 18.2. The van der Waals surface area contributed by atoms with Gasteiger partial charge in [0.05, 0.1) is 11.0 Å². The summed E-state index contributed by atoms with van der Waals surface area (Å²) in [6.45, 7) is 3.04. The molecular formula is C12H14F2O3. The van der Waals surface area contributed by atoms with Crippen LogP contribution in [0.5, 0.6) is 5.75 Å². The topological polar surface area (TPSA) is 57.5 Å². The van der Waals surface area contributed by atoms with E-state index in [9.17, 15) is 18.7 Å². The van der Waals surface area contributed by atoms with E-state index in [0.29, 0.717) is 5.56 Å². The summed E-state index contributed by atoms with van der Waals surface area (Å²) in [5.74, 6) is -1.47. The van der Waals surface area contributed by atoms with E-state index in [4.69, 9.17) is 5.11 Å². The normalized spacial score (nSPS) is 11.8. The first-order valence-electron chi connectivity index (χ1n) is 5.07. The molecule has 94 valence electrons. The van der Waals surface area contributed by atoms with Crippen molar-refractivity contribution >= 4 is 5.97 Å². The molecule has 0 aliphatic heterocycles. The fraction of sp³-hybridized carbons (Fsp3) is 0.417. The summed E-state index contributed by atoms with van der Waals surface area (Å²) < 4.78 is 25.0. The number of phenolic OH excluding ortho intramolecular Hbond substituents is 1. The second-order valence-electron chi connectivity index (χ2n) is 4.56. The van der Waals surface area contributed by atoms with Crippen molar-refractivity contribution in [1.29, 1.82) is 0 Å². The molecule has 0 saturated carbocycles. The lowest BCUT2D eigenvalue weighted by Gasteiger charge is -2.19. The Morgan fingerprint density at radius 2 is 2.00 bits per heavy atom. The second kappa shape index (κ2) is 4.69. The number of carboxylic acids is 1. The minimum Gasteiger partial charge on any atom is -0.507 e. The third kappa shape index (κ3) is 3.15. The number of carboxylic acid groups (broad SMARTS) is 1. The molecule has 0 radical (unpaired) electrons. The highest BCUT2D eigenvalue weighted by Crippen LogP contribution is 2.31. The van der Waals surface area contributed by atoms with Gasteiger partial charge in [-0.25, -0.2) is 8.78 Å². The number of halogens is 2. The van der Waals surface area contributed by atoms with Gasteiger partial charge < -0.3 is 10.2 Å². The van der Waals surface area contributed by atoms with E-state index in [2.05, 4.69) is 0 Å². The molecular weight excluding hydrogens is 230 g/mol. The minimum absolute atomic E-state index is 0.127. The average molecular weight is 244 g/mol. The Hall–Kier alpha value is -1.65. The van der Waals surface area contributed by atoms with Crippen LogP contribution in [0, 0.1) is 5.41 Å². The van der Waals surface area contributed by atoms with Gasteiger partial charge in [0.2, 0.25) is 0 Å². The first-order chi connectivity index (χ1) is 7.74. The molecule has 0 amide bonds. The average Bonchev–Trinajstić information content (AvgIpc) is 2.20. The highest BCUT2D eigenvalue weighted by Gasteiger charge is 2.28. The number of phenols is 1. The fourth-order valence-corrected chi connectivity index (χ4v) is 1.47. The zero-order chi connectivity index (χ0) is 13.2. The van der Waals surface area contributed by atoms with Crippen molar-refractivity contribution in [2.75, 3.05) is 0 Å². The number of benzene rings is 1. The van der Waals surface area contributed by atoms with Crippen molar-refractivity contribution in [2.24, 2.45) is 5.41 Å². The third-order valence-corrected chi connectivity index (χ3v) is 2.55. The summed E-state index contributed by atoms with van der Waals surface area (Å²) in [6.07, 6.45) is -2.65. The molecule has 0 aliphatic rings. The Balaban J connectivity index is 3.01. The molecule has 0 spiro atoms. The van der Waals surface area contributed by atoms with Crippen LogP contribution in [-0.4, -0.2) is 16.2 Å². The minimum atomic E-state index is -2.78. The SMILES string of the molecule is CC(C)(Cc1ccc(O)c(C(F)F)c1)C(=O)O. The van der Waals surface area contributed by atoms with Crippen molar-refractivity contribution in [3.8, 4) is 5.75 Å². The van der Waals surface area contributed by atoms with Gasteiger partial charge >= 0.3 is 5.97 Å². The Morgan fingerprint density at radius 1 is 1.41 bits per heavy atom. The van der Waals surface area contributed by atoms with Crippen molar-refractivity contribution < 1.29 is 23.8 Å². The Kier molecular flexibility index (Phi) is 3.70. The molecule has 0 atom stereocenters. The van der Waals surface area contributed by atoms with Gasteiger partial charge in [-0.2, -0.15) is 0 Å². The van der Waals surface area contributed by atoms with Gasteiger partial charge in [-0.3, -0.25) is 4.79 Å². The molecule has 0 bridgehead atoms. The molecule has 0 aliphatic carbocycles. The highest BCUT2D eigenvalue weighted by atomic mass is 19.3. The molecule has 0 saturated heterocycles. The van der Waals surface area contributed by atoms with E-state index < -0.39 is 29.1 Å². The van der Waals surface area contributed by atoms with Gasteiger partial charge in [0.1, 0.15) is 5.75 Å². The Morgan fingerprint density at radius 3 is 2.47 bits per heavy atom. The van der Waals surface area contributed by atoms with Crippen LogP contribution >= 0.6 is 0 Å². The van der Waals surface area contributed by atoms with E-state index in [1.807, 2.05) is 0 Å². The number of hydrogen-bond donors (Lipinski definition) is 2. The van der Waals surface area contributed by atoms with E-state index in [-0.39, 0.29) is 6.42 Å². The summed E-state index contributed by atoms with van der Waals surface area (Å²) in [7, 11) is 0. The Labute approximate surface area is 97.7 Å². The van der Waals surface area contributed by atoms with Gasteiger partial charge in [0, 0.05) is 0 Å². The van der Waals surface area contributed by atoms with E-state index >= 15 is 0 Å². The maximum absolute atomic E-state index is 12.5. The number of hydrogen-bond acceptors (Lipinski definition) is 2. The number of carbonyl (C=O) groups is 1. The van der Waals surface area contributed by atoms with Crippen molar-refractivity contribution in [2.45, 2.75) is 26.7 Å². The van der Waals surface area contributed by atoms with Crippen LogP contribution in [0.3, 0.4) is 0 Å². The van der Waals surface area contributed by atoms with Crippen LogP contribution in [0.2, 0.25) is 0 Å². The molecule has 1 rings (SSSR count). The molecule has 0 aromatic heterocycles. The molecule has 17 heavy (non-hydrogen) atoms. The Bertz CT molecular complexity index is 428. The van der Waals surface area contributed by atoms with Crippen molar-refractivity contribution in [3.05, 3.63) is 29.3 Å². The molecule has 5 heteroatoms. The lowest BCUT2D eigenvalue weighted by molar-refractivity contribution is -0.146. The largest absolute Gasteiger partial charge is 0.507 e. The van der Waals surface area contributed by atoms with Gasteiger partial charge in [-0.1, -0.05) is 6.07 Å². The molecule has 2 N–H and O–H groups in total. The maximum Gasteiger partial charge on any atom is 0.309 e. The summed E-state index contributed by atoms with van der Waals surface area (Å²) in [6, 6.07) is 3.76. The van der Waals surface area contributed by atoms with Crippen LogP contribution < -0.4 is 0 Å². The molecule has 1 aromatic rings. The van der Waals surface area contributed by atoms with Gasteiger partial charge in [0.15, 0.2) is 0 Å². The third-order valence-electron chi connectivity index (χ3n) is 2.55.